The first kappa shape index (κ1) is 8.02. The van der Waals surface area contributed by atoms with Crippen LogP contribution in [-0.4, -0.2) is 38.1 Å². The Morgan fingerprint density at radius 1 is 1.40 bits per heavy atom. The van der Waals surface area contributed by atoms with E-state index in [1.54, 1.807) is 0 Å². The van der Waals surface area contributed by atoms with Gasteiger partial charge in [-0.2, -0.15) is 0 Å². The van der Waals surface area contributed by atoms with Crippen molar-refractivity contribution in [1.82, 2.24) is 10.2 Å². The summed E-state index contributed by atoms with van der Waals surface area (Å²) in [6.45, 7) is 4.79. The average molecular weight is 142 g/mol. The van der Waals surface area contributed by atoms with Crippen molar-refractivity contribution in [2.24, 2.45) is 5.92 Å². The van der Waals surface area contributed by atoms with Gasteiger partial charge < -0.3 is 10.2 Å². The number of nitrogens with one attached hydrogen (secondary N) is 1. The standard InChI is InChI=1S/C8H18N2/c1-7-4-8(9-2)6-10(3)5-7/h7-9H,4-6H2,1-3H3/t7-,8?/m0/s1. The second-order valence-electron chi connectivity index (χ2n) is 3.55. The van der Waals surface area contributed by atoms with Gasteiger partial charge in [-0.15, -0.1) is 0 Å². The van der Waals surface area contributed by atoms with E-state index in [-0.39, 0.29) is 0 Å². The molecule has 1 aliphatic rings. The highest BCUT2D eigenvalue weighted by molar-refractivity contribution is 4.78. The Morgan fingerprint density at radius 3 is 2.60 bits per heavy atom. The summed E-state index contributed by atoms with van der Waals surface area (Å²) in [5.74, 6) is 0.858. The van der Waals surface area contributed by atoms with Gasteiger partial charge in [0.1, 0.15) is 0 Å². The predicted molar refractivity (Wildman–Crippen MR) is 44.1 cm³/mol. The van der Waals surface area contributed by atoms with Crippen LogP contribution in [0, 0.1) is 5.92 Å². The Balaban J connectivity index is 2.35. The molecule has 1 fully saturated rings. The molecular formula is C8H18N2. The smallest absolute Gasteiger partial charge is 0.0194 e. The maximum Gasteiger partial charge on any atom is 0.0194 e. The van der Waals surface area contributed by atoms with E-state index in [0.29, 0.717) is 6.04 Å². The lowest BCUT2D eigenvalue weighted by Gasteiger charge is -2.33. The van der Waals surface area contributed by atoms with Crippen LogP contribution < -0.4 is 5.32 Å². The van der Waals surface area contributed by atoms with E-state index in [1.165, 1.54) is 19.5 Å². The van der Waals surface area contributed by atoms with Gasteiger partial charge in [-0.3, -0.25) is 0 Å². The largest absolute Gasteiger partial charge is 0.316 e. The summed E-state index contributed by atoms with van der Waals surface area (Å²) in [7, 11) is 4.25. The molecule has 0 amide bonds. The SMILES string of the molecule is CNC1C[C@H](C)CN(C)C1. The Hall–Kier alpha value is -0.0800. The highest BCUT2D eigenvalue weighted by atomic mass is 15.1. The van der Waals surface area contributed by atoms with Gasteiger partial charge in [0.05, 0.1) is 0 Å². The zero-order valence-corrected chi connectivity index (χ0v) is 7.22. The van der Waals surface area contributed by atoms with E-state index in [9.17, 15) is 0 Å². The average Bonchev–Trinajstić information content (AvgIpc) is 1.85. The number of hydrogen-bond acceptors (Lipinski definition) is 2. The Bertz CT molecular complexity index is 93.4. The molecule has 0 aromatic heterocycles. The van der Waals surface area contributed by atoms with E-state index < -0.39 is 0 Å². The molecule has 0 saturated carbocycles. The highest BCUT2D eigenvalue weighted by Gasteiger charge is 2.20. The molecule has 0 aromatic rings. The van der Waals surface area contributed by atoms with Crippen molar-refractivity contribution in [3.05, 3.63) is 0 Å². The van der Waals surface area contributed by atoms with Gasteiger partial charge in [-0.1, -0.05) is 6.92 Å². The summed E-state index contributed by atoms with van der Waals surface area (Å²) < 4.78 is 0. The van der Waals surface area contributed by atoms with Gasteiger partial charge in [-0.25, -0.2) is 0 Å². The molecule has 10 heavy (non-hydrogen) atoms. The molecular weight excluding hydrogens is 124 g/mol. The number of nitrogens with zero attached hydrogens (tertiary/aromatic N) is 1. The summed E-state index contributed by atoms with van der Waals surface area (Å²) in [4.78, 5) is 2.40. The monoisotopic (exact) mass is 142 g/mol. The van der Waals surface area contributed by atoms with Crippen LogP contribution in [0.1, 0.15) is 13.3 Å². The molecule has 1 rings (SSSR count). The molecule has 1 saturated heterocycles. The van der Waals surface area contributed by atoms with E-state index >= 15 is 0 Å². The molecule has 1 unspecified atom stereocenters. The third-order valence-corrected chi connectivity index (χ3v) is 2.25. The zero-order valence-electron chi connectivity index (χ0n) is 7.22. The van der Waals surface area contributed by atoms with Crippen molar-refractivity contribution in [2.75, 3.05) is 27.2 Å². The maximum atomic E-state index is 3.32. The van der Waals surface area contributed by atoms with E-state index in [2.05, 4.69) is 31.2 Å². The molecule has 0 aliphatic carbocycles. The fraction of sp³-hybridized carbons (Fsp3) is 1.00. The van der Waals surface area contributed by atoms with Gasteiger partial charge in [0.2, 0.25) is 0 Å². The van der Waals surface area contributed by atoms with E-state index in [4.69, 9.17) is 0 Å². The molecule has 1 N–H and O–H groups in total. The zero-order chi connectivity index (χ0) is 7.56. The van der Waals surface area contributed by atoms with Crippen LogP contribution in [0.5, 0.6) is 0 Å². The van der Waals surface area contributed by atoms with Crippen LogP contribution in [0.4, 0.5) is 0 Å². The number of rotatable bonds is 1. The minimum atomic E-state index is 0.716. The lowest BCUT2D eigenvalue weighted by atomic mass is 9.97. The molecule has 0 radical (unpaired) electrons. The van der Waals surface area contributed by atoms with Crippen molar-refractivity contribution in [3.8, 4) is 0 Å². The molecule has 2 nitrogen and oxygen atoms in total. The minimum absolute atomic E-state index is 0.716. The third kappa shape index (κ3) is 1.96. The van der Waals surface area contributed by atoms with Crippen LogP contribution in [0.25, 0.3) is 0 Å². The fourth-order valence-electron chi connectivity index (χ4n) is 1.83. The molecule has 1 heterocycles. The van der Waals surface area contributed by atoms with Gasteiger partial charge in [0.25, 0.3) is 0 Å². The second-order valence-corrected chi connectivity index (χ2v) is 3.55. The van der Waals surface area contributed by atoms with Gasteiger partial charge in [-0.05, 0) is 26.4 Å². The number of piperidine rings is 1. The molecule has 1 aliphatic heterocycles. The fourth-order valence-corrected chi connectivity index (χ4v) is 1.83. The molecule has 2 heteroatoms. The van der Waals surface area contributed by atoms with Crippen molar-refractivity contribution in [1.29, 1.82) is 0 Å². The molecule has 0 bridgehead atoms. The maximum absolute atomic E-state index is 3.32. The molecule has 60 valence electrons. The third-order valence-electron chi connectivity index (χ3n) is 2.25. The summed E-state index contributed by atoms with van der Waals surface area (Å²) >= 11 is 0. The Labute approximate surface area is 63.6 Å². The van der Waals surface area contributed by atoms with Crippen LogP contribution in [0.3, 0.4) is 0 Å². The summed E-state index contributed by atoms with van der Waals surface area (Å²) in [5.41, 5.74) is 0. The lowest BCUT2D eigenvalue weighted by Crippen LogP contribution is -2.45. The Kier molecular flexibility index (Phi) is 2.69. The summed E-state index contributed by atoms with van der Waals surface area (Å²) in [5, 5.41) is 3.32. The van der Waals surface area contributed by atoms with Crippen LogP contribution in [0.2, 0.25) is 0 Å². The van der Waals surface area contributed by atoms with E-state index in [1.807, 2.05) is 0 Å². The molecule has 0 spiro atoms. The summed E-state index contributed by atoms with van der Waals surface area (Å²) in [6, 6.07) is 0.716. The van der Waals surface area contributed by atoms with Gasteiger partial charge >= 0.3 is 0 Å². The first-order valence-electron chi connectivity index (χ1n) is 4.08. The van der Waals surface area contributed by atoms with Gasteiger partial charge in [0, 0.05) is 19.1 Å². The van der Waals surface area contributed by atoms with E-state index in [0.717, 1.165) is 5.92 Å². The molecule has 2 atom stereocenters. The van der Waals surface area contributed by atoms with Crippen molar-refractivity contribution in [2.45, 2.75) is 19.4 Å². The normalized spacial score (nSPS) is 36.3. The topological polar surface area (TPSA) is 15.3 Å². The van der Waals surface area contributed by atoms with Crippen LogP contribution in [-0.2, 0) is 0 Å². The highest BCUT2D eigenvalue weighted by Crippen LogP contribution is 2.13. The van der Waals surface area contributed by atoms with Crippen molar-refractivity contribution >= 4 is 0 Å². The minimum Gasteiger partial charge on any atom is -0.316 e. The van der Waals surface area contributed by atoms with Crippen molar-refractivity contribution < 1.29 is 0 Å². The first-order valence-corrected chi connectivity index (χ1v) is 4.08. The van der Waals surface area contributed by atoms with Gasteiger partial charge in [0.15, 0.2) is 0 Å². The molecule has 0 aromatic carbocycles. The van der Waals surface area contributed by atoms with Crippen LogP contribution in [0.15, 0.2) is 0 Å². The first-order chi connectivity index (χ1) is 4.72. The van der Waals surface area contributed by atoms with Crippen LogP contribution >= 0.6 is 0 Å². The lowest BCUT2D eigenvalue weighted by molar-refractivity contribution is 0.184. The quantitative estimate of drug-likeness (QED) is 0.575. The number of hydrogen-bond donors (Lipinski definition) is 1. The number of likely N-dealkylation sites (N-methyl/N-ethyl adjacent to an activating group) is 2. The number of likely N-dealkylation sites (tertiary alicyclic amines) is 1. The Morgan fingerprint density at radius 2 is 2.10 bits per heavy atom. The summed E-state index contributed by atoms with van der Waals surface area (Å²) in [6.07, 6.45) is 1.33. The van der Waals surface area contributed by atoms with Crippen molar-refractivity contribution in [3.63, 3.8) is 0 Å². The second kappa shape index (κ2) is 3.35. The predicted octanol–water partition coefficient (Wildman–Crippen LogP) is 0.546.